The van der Waals surface area contributed by atoms with Crippen LogP contribution in [0.3, 0.4) is 0 Å². The highest BCUT2D eigenvalue weighted by Gasteiger charge is 2.65. The summed E-state index contributed by atoms with van der Waals surface area (Å²) >= 11 is 6.15. The monoisotopic (exact) mass is 398 g/mol. The molecule has 1 aromatic heterocycles. The fourth-order valence-electron chi connectivity index (χ4n) is 5.97. The van der Waals surface area contributed by atoms with E-state index in [9.17, 15) is 4.79 Å². The molecule has 0 aliphatic carbocycles. The van der Waals surface area contributed by atoms with Crippen LogP contribution in [0.15, 0.2) is 30.5 Å². The summed E-state index contributed by atoms with van der Waals surface area (Å²) in [4.78, 5) is 18.2. The molecule has 148 valence electrons. The molecule has 4 heterocycles. The normalized spacial score (nSPS) is 29.5. The highest BCUT2D eigenvalue weighted by Crippen LogP contribution is 2.56. The van der Waals surface area contributed by atoms with Gasteiger partial charge in [-0.15, -0.1) is 0 Å². The lowest BCUT2D eigenvalue weighted by molar-refractivity contribution is -0.137. The van der Waals surface area contributed by atoms with Gasteiger partial charge in [0.15, 0.2) is 0 Å². The molecular formula is C22H27ClN4O. The molecule has 3 aliphatic rings. The molecule has 2 aromatic rings. The maximum atomic E-state index is 13.6. The van der Waals surface area contributed by atoms with Gasteiger partial charge < -0.3 is 4.90 Å². The van der Waals surface area contributed by atoms with E-state index in [0.717, 1.165) is 49.5 Å². The number of hydrogen-bond donors (Lipinski definition) is 0. The molecule has 2 unspecified atom stereocenters. The SMILES string of the molecule is CCn1ncc(C2CC3CN(Cc4cccc(Cl)c4)C(=O)[C@]34CCCN24)c1C. The number of aromatic nitrogens is 2. The minimum absolute atomic E-state index is 0.302. The molecule has 3 fully saturated rings. The van der Waals surface area contributed by atoms with E-state index in [1.807, 2.05) is 24.4 Å². The van der Waals surface area contributed by atoms with Crippen molar-refractivity contribution in [2.24, 2.45) is 5.92 Å². The average Bonchev–Trinajstić information content (AvgIpc) is 3.39. The number of benzene rings is 1. The number of hydrogen-bond acceptors (Lipinski definition) is 3. The number of halogens is 1. The average molecular weight is 399 g/mol. The molecule has 0 saturated carbocycles. The van der Waals surface area contributed by atoms with Gasteiger partial charge in [0.2, 0.25) is 5.91 Å². The molecule has 0 radical (unpaired) electrons. The lowest BCUT2D eigenvalue weighted by Gasteiger charge is -2.33. The zero-order chi connectivity index (χ0) is 19.5. The first-order valence-corrected chi connectivity index (χ1v) is 10.7. The van der Waals surface area contributed by atoms with Gasteiger partial charge in [-0.1, -0.05) is 23.7 Å². The van der Waals surface area contributed by atoms with Gasteiger partial charge in [-0.2, -0.15) is 5.10 Å². The largest absolute Gasteiger partial charge is 0.336 e. The first kappa shape index (κ1) is 18.2. The predicted molar refractivity (Wildman–Crippen MR) is 109 cm³/mol. The number of rotatable bonds is 4. The number of aryl methyl sites for hydroxylation is 1. The van der Waals surface area contributed by atoms with Crippen molar-refractivity contribution in [2.45, 2.75) is 57.8 Å². The molecule has 28 heavy (non-hydrogen) atoms. The van der Waals surface area contributed by atoms with Gasteiger partial charge in [0, 0.05) is 47.9 Å². The summed E-state index contributed by atoms with van der Waals surface area (Å²) in [5.74, 6) is 0.717. The lowest BCUT2D eigenvalue weighted by Crippen LogP contribution is -2.49. The minimum atomic E-state index is -0.302. The van der Waals surface area contributed by atoms with E-state index >= 15 is 0 Å². The molecule has 6 heteroatoms. The topological polar surface area (TPSA) is 41.4 Å². The molecule has 0 N–H and O–H groups in total. The van der Waals surface area contributed by atoms with Gasteiger partial charge >= 0.3 is 0 Å². The number of carbonyl (C=O) groups is 1. The summed E-state index contributed by atoms with van der Waals surface area (Å²) in [6, 6.07) is 8.20. The maximum Gasteiger partial charge on any atom is 0.243 e. The molecule has 3 saturated heterocycles. The second-order valence-corrected chi connectivity index (χ2v) is 8.92. The van der Waals surface area contributed by atoms with Crippen LogP contribution in [0.1, 0.15) is 49.0 Å². The van der Waals surface area contributed by atoms with Crippen LogP contribution in [-0.4, -0.2) is 44.1 Å². The van der Waals surface area contributed by atoms with Crippen LogP contribution in [0.2, 0.25) is 5.02 Å². The highest BCUT2D eigenvalue weighted by molar-refractivity contribution is 6.30. The van der Waals surface area contributed by atoms with Crippen LogP contribution in [0.4, 0.5) is 0 Å². The van der Waals surface area contributed by atoms with Crippen LogP contribution < -0.4 is 0 Å². The van der Waals surface area contributed by atoms with Gasteiger partial charge in [0.25, 0.3) is 0 Å². The van der Waals surface area contributed by atoms with E-state index in [1.54, 1.807) is 0 Å². The quantitative estimate of drug-likeness (QED) is 0.786. The molecule has 1 spiro atoms. The fourth-order valence-corrected chi connectivity index (χ4v) is 6.19. The number of amides is 1. The Morgan fingerprint density at radius 2 is 2.21 bits per heavy atom. The third-order valence-corrected chi connectivity index (χ3v) is 7.42. The zero-order valence-corrected chi connectivity index (χ0v) is 17.3. The van der Waals surface area contributed by atoms with Crippen molar-refractivity contribution in [1.29, 1.82) is 0 Å². The third kappa shape index (κ3) is 2.49. The van der Waals surface area contributed by atoms with Gasteiger partial charge in [-0.25, -0.2) is 0 Å². The molecular weight excluding hydrogens is 372 g/mol. The van der Waals surface area contributed by atoms with Gasteiger partial charge in [0.1, 0.15) is 5.54 Å². The van der Waals surface area contributed by atoms with Crippen LogP contribution in [0, 0.1) is 12.8 Å². The van der Waals surface area contributed by atoms with E-state index in [2.05, 4.69) is 39.5 Å². The Bertz CT molecular complexity index is 925. The summed E-state index contributed by atoms with van der Waals surface area (Å²) in [5.41, 5.74) is 3.37. The van der Waals surface area contributed by atoms with E-state index in [0.29, 0.717) is 24.4 Å². The Hall–Kier alpha value is -1.85. The Kier molecular flexibility index (Phi) is 4.29. The summed E-state index contributed by atoms with van der Waals surface area (Å²) in [6.07, 6.45) is 5.17. The van der Waals surface area contributed by atoms with Crippen molar-refractivity contribution < 1.29 is 4.79 Å². The standard InChI is InChI=1S/C22H27ClN4O/c1-3-27-15(2)19(12-24-27)20-11-17-14-25(13-16-6-4-7-18(23)10-16)21(28)22(17)8-5-9-26(20)22/h4,6-7,10,12,17,20H,3,5,8-9,11,13-14H2,1-2H3/t17?,20?,22-/m0/s1. The van der Waals surface area contributed by atoms with Gasteiger partial charge in [0.05, 0.1) is 6.20 Å². The van der Waals surface area contributed by atoms with Crippen molar-refractivity contribution in [3.8, 4) is 0 Å². The Balaban J connectivity index is 1.43. The van der Waals surface area contributed by atoms with E-state index < -0.39 is 0 Å². The Labute approximate surface area is 171 Å². The number of carbonyl (C=O) groups excluding carboxylic acids is 1. The van der Waals surface area contributed by atoms with Crippen molar-refractivity contribution >= 4 is 17.5 Å². The summed E-state index contributed by atoms with van der Waals surface area (Å²) in [5, 5.41) is 5.29. The first-order chi connectivity index (χ1) is 13.5. The smallest absolute Gasteiger partial charge is 0.243 e. The van der Waals surface area contributed by atoms with E-state index in [-0.39, 0.29) is 5.54 Å². The van der Waals surface area contributed by atoms with Crippen molar-refractivity contribution in [2.75, 3.05) is 13.1 Å². The Morgan fingerprint density at radius 1 is 1.36 bits per heavy atom. The molecule has 5 rings (SSSR count). The molecule has 1 amide bonds. The van der Waals surface area contributed by atoms with Crippen molar-refractivity contribution in [3.63, 3.8) is 0 Å². The molecule has 3 atom stereocenters. The molecule has 1 aromatic carbocycles. The van der Waals surface area contributed by atoms with E-state index in [1.165, 1.54) is 11.3 Å². The third-order valence-electron chi connectivity index (χ3n) is 7.19. The maximum absolute atomic E-state index is 13.6. The van der Waals surface area contributed by atoms with Crippen molar-refractivity contribution in [1.82, 2.24) is 19.6 Å². The second kappa shape index (κ2) is 6.60. The summed E-state index contributed by atoms with van der Waals surface area (Å²) in [7, 11) is 0. The predicted octanol–water partition coefficient (Wildman–Crippen LogP) is 3.80. The van der Waals surface area contributed by atoms with Crippen LogP contribution in [0.25, 0.3) is 0 Å². The van der Waals surface area contributed by atoms with Gasteiger partial charge in [-0.3, -0.25) is 14.4 Å². The molecule has 5 nitrogen and oxygen atoms in total. The van der Waals surface area contributed by atoms with Crippen LogP contribution in [0.5, 0.6) is 0 Å². The highest BCUT2D eigenvalue weighted by atomic mass is 35.5. The summed E-state index contributed by atoms with van der Waals surface area (Å²) in [6.45, 7) is 7.69. The van der Waals surface area contributed by atoms with Gasteiger partial charge in [-0.05, 0) is 57.4 Å². The minimum Gasteiger partial charge on any atom is -0.336 e. The first-order valence-electron chi connectivity index (χ1n) is 10.4. The fraction of sp³-hybridized carbons (Fsp3) is 0.545. The zero-order valence-electron chi connectivity index (χ0n) is 16.6. The molecule has 3 aliphatic heterocycles. The van der Waals surface area contributed by atoms with Crippen molar-refractivity contribution in [3.05, 3.63) is 52.3 Å². The second-order valence-electron chi connectivity index (χ2n) is 8.49. The number of nitrogens with zero attached hydrogens (tertiary/aromatic N) is 4. The molecule has 0 bridgehead atoms. The van der Waals surface area contributed by atoms with Crippen LogP contribution in [-0.2, 0) is 17.9 Å². The Morgan fingerprint density at radius 3 is 2.96 bits per heavy atom. The summed E-state index contributed by atoms with van der Waals surface area (Å²) < 4.78 is 2.07. The lowest BCUT2D eigenvalue weighted by atomic mass is 9.85. The van der Waals surface area contributed by atoms with Crippen LogP contribution >= 0.6 is 11.6 Å². The van der Waals surface area contributed by atoms with E-state index in [4.69, 9.17) is 11.6 Å². The number of likely N-dealkylation sites (tertiary alicyclic amines) is 1.